The molecule has 1 aromatic carbocycles. The molecule has 0 fully saturated rings. The summed E-state index contributed by atoms with van der Waals surface area (Å²) in [6.07, 6.45) is 4.08. The molecule has 23 heavy (non-hydrogen) atoms. The summed E-state index contributed by atoms with van der Waals surface area (Å²) in [6.45, 7) is 3.98. The Hall–Kier alpha value is -2.37. The average Bonchev–Trinajstić information content (AvgIpc) is 2.52. The SMILES string of the molecule is CCCCC(=O)Nc1ccc(C(=O)O)cc1NC(=O)CCCC. The fourth-order valence-corrected chi connectivity index (χ4v) is 1.99. The summed E-state index contributed by atoms with van der Waals surface area (Å²) in [5.41, 5.74) is 0.791. The molecular formula is C17H24N2O4. The van der Waals surface area contributed by atoms with Gasteiger partial charge in [-0.3, -0.25) is 9.59 Å². The molecule has 6 heteroatoms. The molecule has 0 saturated carbocycles. The van der Waals surface area contributed by atoms with Crippen LogP contribution in [0.3, 0.4) is 0 Å². The van der Waals surface area contributed by atoms with E-state index in [9.17, 15) is 14.4 Å². The Balaban J connectivity index is 2.92. The number of benzene rings is 1. The highest BCUT2D eigenvalue weighted by Crippen LogP contribution is 2.24. The minimum Gasteiger partial charge on any atom is -0.478 e. The Morgan fingerprint density at radius 3 is 1.91 bits per heavy atom. The zero-order valence-electron chi connectivity index (χ0n) is 13.6. The number of rotatable bonds is 9. The highest BCUT2D eigenvalue weighted by atomic mass is 16.4. The normalized spacial score (nSPS) is 10.2. The highest BCUT2D eigenvalue weighted by molar-refractivity contribution is 6.01. The van der Waals surface area contributed by atoms with Crippen molar-refractivity contribution in [1.29, 1.82) is 0 Å². The summed E-state index contributed by atoms with van der Waals surface area (Å²) in [6, 6.07) is 4.27. The average molecular weight is 320 g/mol. The van der Waals surface area contributed by atoms with Crippen molar-refractivity contribution in [3.8, 4) is 0 Å². The highest BCUT2D eigenvalue weighted by Gasteiger charge is 2.13. The number of unbranched alkanes of at least 4 members (excludes halogenated alkanes) is 2. The van der Waals surface area contributed by atoms with Crippen molar-refractivity contribution in [3.63, 3.8) is 0 Å². The van der Waals surface area contributed by atoms with Gasteiger partial charge < -0.3 is 15.7 Å². The van der Waals surface area contributed by atoms with Crippen molar-refractivity contribution in [2.45, 2.75) is 52.4 Å². The molecule has 0 aliphatic rings. The van der Waals surface area contributed by atoms with Crippen molar-refractivity contribution in [1.82, 2.24) is 0 Å². The predicted molar refractivity (Wildman–Crippen MR) is 89.7 cm³/mol. The van der Waals surface area contributed by atoms with Gasteiger partial charge in [-0.15, -0.1) is 0 Å². The molecule has 1 aromatic rings. The lowest BCUT2D eigenvalue weighted by atomic mass is 10.1. The number of carbonyl (C=O) groups excluding carboxylic acids is 2. The lowest BCUT2D eigenvalue weighted by molar-refractivity contribution is -0.117. The van der Waals surface area contributed by atoms with E-state index >= 15 is 0 Å². The Morgan fingerprint density at radius 2 is 1.43 bits per heavy atom. The van der Waals surface area contributed by atoms with Gasteiger partial charge in [0.05, 0.1) is 16.9 Å². The molecule has 0 spiro atoms. The molecule has 2 amide bonds. The van der Waals surface area contributed by atoms with E-state index in [2.05, 4.69) is 10.6 Å². The number of aromatic carboxylic acids is 1. The van der Waals surface area contributed by atoms with E-state index in [1.165, 1.54) is 18.2 Å². The monoisotopic (exact) mass is 320 g/mol. The van der Waals surface area contributed by atoms with Gasteiger partial charge in [0.15, 0.2) is 0 Å². The minimum atomic E-state index is -1.09. The molecule has 0 radical (unpaired) electrons. The first kappa shape index (κ1) is 18.7. The van der Waals surface area contributed by atoms with Gasteiger partial charge in [0.1, 0.15) is 0 Å². The third-order valence-corrected chi connectivity index (χ3v) is 3.33. The number of hydrogen-bond acceptors (Lipinski definition) is 3. The van der Waals surface area contributed by atoms with Crippen LogP contribution < -0.4 is 10.6 Å². The fraction of sp³-hybridized carbons (Fsp3) is 0.471. The standard InChI is InChI=1S/C17H24N2O4/c1-3-5-7-15(20)18-13-10-9-12(17(22)23)11-14(13)19-16(21)8-6-4-2/h9-11H,3-8H2,1-2H3,(H,18,20)(H,19,21)(H,22,23). The number of carboxylic acid groups (broad SMARTS) is 1. The van der Waals surface area contributed by atoms with Crippen LogP contribution in [0.25, 0.3) is 0 Å². The zero-order chi connectivity index (χ0) is 17.2. The Kier molecular flexibility index (Phi) is 7.80. The van der Waals surface area contributed by atoms with Crippen LogP contribution in [0.5, 0.6) is 0 Å². The van der Waals surface area contributed by atoms with Gasteiger partial charge in [-0.2, -0.15) is 0 Å². The van der Waals surface area contributed by atoms with Crippen molar-refractivity contribution in [2.24, 2.45) is 0 Å². The van der Waals surface area contributed by atoms with Crippen LogP contribution in [0.15, 0.2) is 18.2 Å². The number of nitrogens with one attached hydrogen (secondary N) is 2. The topological polar surface area (TPSA) is 95.5 Å². The maximum atomic E-state index is 11.9. The van der Waals surface area contributed by atoms with Gasteiger partial charge in [0.25, 0.3) is 0 Å². The van der Waals surface area contributed by atoms with Crippen LogP contribution in [0.2, 0.25) is 0 Å². The predicted octanol–water partition coefficient (Wildman–Crippen LogP) is 3.64. The van der Waals surface area contributed by atoms with E-state index in [0.717, 1.165) is 25.7 Å². The summed E-state index contributed by atoms with van der Waals surface area (Å²) in [4.78, 5) is 34.8. The van der Waals surface area contributed by atoms with E-state index in [0.29, 0.717) is 24.2 Å². The quantitative estimate of drug-likeness (QED) is 0.647. The van der Waals surface area contributed by atoms with Crippen LogP contribution in [-0.2, 0) is 9.59 Å². The van der Waals surface area contributed by atoms with E-state index in [-0.39, 0.29) is 17.4 Å². The summed E-state index contributed by atoms with van der Waals surface area (Å²) in [5.74, 6) is -1.43. The smallest absolute Gasteiger partial charge is 0.335 e. The molecule has 3 N–H and O–H groups in total. The van der Waals surface area contributed by atoms with Crippen molar-refractivity contribution >= 4 is 29.2 Å². The summed E-state index contributed by atoms with van der Waals surface area (Å²) >= 11 is 0. The second kappa shape index (κ2) is 9.61. The molecule has 0 aliphatic carbocycles. The lowest BCUT2D eigenvalue weighted by Crippen LogP contribution is -2.17. The van der Waals surface area contributed by atoms with Crippen LogP contribution in [-0.4, -0.2) is 22.9 Å². The van der Waals surface area contributed by atoms with Gasteiger partial charge in [-0.1, -0.05) is 26.7 Å². The maximum absolute atomic E-state index is 11.9. The van der Waals surface area contributed by atoms with E-state index < -0.39 is 5.97 Å². The number of carboxylic acids is 1. The van der Waals surface area contributed by atoms with Crippen LogP contribution in [0.1, 0.15) is 62.7 Å². The second-order valence-electron chi connectivity index (χ2n) is 5.37. The van der Waals surface area contributed by atoms with E-state index in [4.69, 9.17) is 5.11 Å². The number of hydrogen-bond donors (Lipinski definition) is 3. The largest absolute Gasteiger partial charge is 0.478 e. The first-order valence-electron chi connectivity index (χ1n) is 7.95. The molecular weight excluding hydrogens is 296 g/mol. The van der Waals surface area contributed by atoms with Gasteiger partial charge in [-0.05, 0) is 31.0 Å². The molecule has 0 aliphatic heterocycles. The van der Waals surface area contributed by atoms with E-state index in [1.807, 2.05) is 13.8 Å². The summed E-state index contributed by atoms with van der Waals surface area (Å²) in [5, 5.41) is 14.5. The minimum absolute atomic E-state index is 0.0577. The number of carbonyl (C=O) groups is 3. The van der Waals surface area contributed by atoms with Crippen LogP contribution in [0.4, 0.5) is 11.4 Å². The number of amides is 2. The van der Waals surface area contributed by atoms with Gasteiger partial charge in [-0.25, -0.2) is 4.79 Å². The third-order valence-electron chi connectivity index (χ3n) is 3.33. The van der Waals surface area contributed by atoms with Crippen LogP contribution >= 0.6 is 0 Å². The second-order valence-corrected chi connectivity index (χ2v) is 5.37. The fourth-order valence-electron chi connectivity index (χ4n) is 1.99. The summed E-state index contributed by atoms with van der Waals surface area (Å²) in [7, 11) is 0. The zero-order valence-corrected chi connectivity index (χ0v) is 13.6. The molecule has 0 atom stereocenters. The lowest BCUT2D eigenvalue weighted by Gasteiger charge is -2.13. The molecule has 0 aromatic heterocycles. The van der Waals surface area contributed by atoms with Crippen molar-refractivity contribution in [3.05, 3.63) is 23.8 Å². The van der Waals surface area contributed by atoms with Gasteiger partial charge in [0.2, 0.25) is 11.8 Å². The number of anilines is 2. The third kappa shape index (κ3) is 6.50. The molecule has 0 heterocycles. The summed E-state index contributed by atoms with van der Waals surface area (Å²) < 4.78 is 0. The molecule has 0 unspecified atom stereocenters. The first-order valence-corrected chi connectivity index (χ1v) is 7.95. The Morgan fingerprint density at radius 1 is 0.913 bits per heavy atom. The first-order chi connectivity index (χ1) is 11.0. The molecule has 126 valence electrons. The molecule has 6 nitrogen and oxygen atoms in total. The van der Waals surface area contributed by atoms with Crippen molar-refractivity contribution < 1.29 is 19.5 Å². The molecule has 1 rings (SSSR count). The molecule has 0 bridgehead atoms. The Bertz CT molecular complexity index is 570. The van der Waals surface area contributed by atoms with Crippen molar-refractivity contribution in [2.75, 3.05) is 10.6 Å². The Labute approximate surface area is 136 Å². The van der Waals surface area contributed by atoms with Gasteiger partial charge in [0, 0.05) is 12.8 Å². The van der Waals surface area contributed by atoms with E-state index in [1.54, 1.807) is 0 Å². The molecule has 0 saturated heterocycles. The van der Waals surface area contributed by atoms with Gasteiger partial charge >= 0.3 is 5.97 Å². The van der Waals surface area contributed by atoms with Crippen LogP contribution in [0, 0.1) is 0 Å². The maximum Gasteiger partial charge on any atom is 0.335 e.